The SMILES string of the molecule is CCOc1ccccc1N(CC(=O)Nc1ccccc1C(=O)NCC(C)C)S(=O)(=O)c1ccc(C)cc1. The molecule has 0 aliphatic heterocycles. The minimum Gasteiger partial charge on any atom is -0.492 e. The summed E-state index contributed by atoms with van der Waals surface area (Å²) in [4.78, 5) is 26.0. The molecule has 8 nitrogen and oxygen atoms in total. The third kappa shape index (κ3) is 7.10. The summed E-state index contributed by atoms with van der Waals surface area (Å²) >= 11 is 0. The molecule has 0 spiro atoms. The van der Waals surface area contributed by atoms with Crippen LogP contribution < -0.4 is 19.7 Å². The highest BCUT2D eigenvalue weighted by Gasteiger charge is 2.29. The van der Waals surface area contributed by atoms with Gasteiger partial charge in [-0.3, -0.25) is 13.9 Å². The van der Waals surface area contributed by atoms with E-state index in [0.717, 1.165) is 9.87 Å². The number of sulfonamides is 1. The molecular weight excluding hydrogens is 490 g/mol. The number of para-hydroxylation sites is 3. The van der Waals surface area contributed by atoms with E-state index in [1.165, 1.54) is 12.1 Å². The fraction of sp³-hybridized carbons (Fsp3) is 0.286. The molecule has 0 saturated heterocycles. The van der Waals surface area contributed by atoms with Gasteiger partial charge in [0, 0.05) is 6.54 Å². The summed E-state index contributed by atoms with van der Waals surface area (Å²) in [5.74, 6) is -0.333. The Bertz CT molecular complexity index is 1340. The predicted octanol–water partition coefficient (Wildman–Crippen LogP) is 4.61. The van der Waals surface area contributed by atoms with Gasteiger partial charge in [-0.05, 0) is 56.2 Å². The molecule has 0 bridgehead atoms. The minimum absolute atomic E-state index is 0.0469. The molecule has 3 rings (SSSR count). The maximum atomic E-state index is 13.7. The number of carbonyl (C=O) groups excluding carboxylic acids is 2. The van der Waals surface area contributed by atoms with Crippen LogP contribution in [-0.4, -0.2) is 39.9 Å². The van der Waals surface area contributed by atoms with E-state index in [2.05, 4.69) is 10.6 Å². The van der Waals surface area contributed by atoms with Gasteiger partial charge in [0.05, 0.1) is 28.4 Å². The van der Waals surface area contributed by atoms with Crippen LogP contribution in [0.5, 0.6) is 5.75 Å². The molecule has 37 heavy (non-hydrogen) atoms. The van der Waals surface area contributed by atoms with Crippen LogP contribution in [0.2, 0.25) is 0 Å². The van der Waals surface area contributed by atoms with Gasteiger partial charge in [-0.1, -0.05) is 55.8 Å². The van der Waals surface area contributed by atoms with E-state index in [9.17, 15) is 18.0 Å². The van der Waals surface area contributed by atoms with Crippen molar-refractivity contribution in [1.82, 2.24) is 5.32 Å². The summed E-state index contributed by atoms with van der Waals surface area (Å²) < 4.78 is 34.2. The van der Waals surface area contributed by atoms with Crippen LogP contribution in [0.1, 0.15) is 36.7 Å². The predicted molar refractivity (Wildman–Crippen MR) is 146 cm³/mol. The van der Waals surface area contributed by atoms with E-state index in [0.29, 0.717) is 30.2 Å². The molecule has 2 amide bonds. The standard InChI is InChI=1S/C28H33N3O5S/c1-5-36-26-13-9-8-12-25(26)31(37(34,35)22-16-14-21(4)15-17-22)19-27(32)30-24-11-7-6-10-23(24)28(33)29-18-20(2)3/h6-17,20H,5,18-19H2,1-4H3,(H,29,33)(H,30,32). The minimum atomic E-state index is -4.13. The molecule has 3 aromatic carbocycles. The number of carbonyl (C=O) groups is 2. The van der Waals surface area contributed by atoms with Crippen molar-refractivity contribution in [3.63, 3.8) is 0 Å². The highest BCUT2D eigenvalue weighted by Crippen LogP contribution is 2.32. The zero-order valence-corrected chi connectivity index (χ0v) is 22.3. The number of anilines is 2. The quantitative estimate of drug-likeness (QED) is 0.382. The Hall–Kier alpha value is -3.85. The van der Waals surface area contributed by atoms with Crippen molar-refractivity contribution in [2.75, 3.05) is 29.3 Å². The molecule has 196 valence electrons. The Morgan fingerprint density at radius 3 is 2.27 bits per heavy atom. The number of benzene rings is 3. The van der Waals surface area contributed by atoms with Crippen molar-refractivity contribution in [3.8, 4) is 5.75 Å². The monoisotopic (exact) mass is 523 g/mol. The molecule has 0 aliphatic carbocycles. The second kappa shape index (κ2) is 12.4. The molecule has 0 fully saturated rings. The first-order chi connectivity index (χ1) is 17.6. The van der Waals surface area contributed by atoms with Gasteiger partial charge in [-0.2, -0.15) is 0 Å². The van der Waals surface area contributed by atoms with Gasteiger partial charge in [0.25, 0.3) is 15.9 Å². The van der Waals surface area contributed by atoms with Crippen molar-refractivity contribution in [1.29, 1.82) is 0 Å². The molecule has 0 heterocycles. The largest absolute Gasteiger partial charge is 0.492 e. The number of amides is 2. The number of rotatable bonds is 11. The molecule has 0 unspecified atom stereocenters. The third-order valence-corrected chi connectivity index (χ3v) is 7.22. The lowest BCUT2D eigenvalue weighted by molar-refractivity contribution is -0.114. The lowest BCUT2D eigenvalue weighted by Crippen LogP contribution is -2.38. The highest BCUT2D eigenvalue weighted by atomic mass is 32.2. The van der Waals surface area contributed by atoms with Crippen molar-refractivity contribution in [2.45, 2.75) is 32.6 Å². The number of hydrogen-bond donors (Lipinski definition) is 2. The van der Waals surface area contributed by atoms with E-state index >= 15 is 0 Å². The Morgan fingerprint density at radius 2 is 1.59 bits per heavy atom. The van der Waals surface area contributed by atoms with Crippen LogP contribution in [-0.2, 0) is 14.8 Å². The molecule has 9 heteroatoms. The molecule has 0 aliphatic rings. The van der Waals surface area contributed by atoms with Crippen LogP contribution in [0.25, 0.3) is 0 Å². The van der Waals surface area contributed by atoms with E-state index < -0.39 is 22.5 Å². The van der Waals surface area contributed by atoms with Crippen LogP contribution in [0.4, 0.5) is 11.4 Å². The molecule has 3 aromatic rings. The molecular formula is C28H33N3O5S. The normalized spacial score (nSPS) is 11.2. The molecule has 0 saturated carbocycles. The maximum absolute atomic E-state index is 13.7. The Morgan fingerprint density at radius 1 is 0.946 bits per heavy atom. The van der Waals surface area contributed by atoms with Gasteiger partial charge in [0.15, 0.2) is 0 Å². The maximum Gasteiger partial charge on any atom is 0.264 e. The highest BCUT2D eigenvalue weighted by molar-refractivity contribution is 7.92. The number of aryl methyl sites for hydroxylation is 1. The van der Waals surface area contributed by atoms with Crippen LogP contribution in [0, 0.1) is 12.8 Å². The molecule has 0 radical (unpaired) electrons. The summed E-state index contributed by atoms with van der Waals surface area (Å²) in [7, 11) is -4.13. The first-order valence-electron chi connectivity index (χ1n) is 12.1. The third-order valence-electron chi connectivity index (χ3n) is 5.45. The summed E-state index contributed by atoms with van der Waals surface area (Å²) in [6.45, 7) is 7.90. The Labute approximate surface area is 218 Å². The van der Waals surface area contributed by atoms with Gasteiger partial charge in [0.1, 0.15) is 12.3 Å². The molecule has 2 N–H and O–H groups in total. The van der Waals surface area contributed by atoms with Gasteiger partial charge in [0.2, 0.25) is 5.91 Å². The van der Waals surface area contributed by atoms with Gasteiger partial charge >= 0.3 is 0 Å². The molecule has 0 atom stereocenters. The summed E-state index contributed by atoms with van der Waals surface area (Å²) in [6.07, 6.45) is 0. The second-order valence-electron chi connectivity index (χ2n) is 8.92. The summed E-state index contributed by atoms with van der Waals surface area (Å²) in [5.41, 5.74) is 1.73. The average molecular weight is 524 g/mol. The van der Waals surface area contributed by atoms with Gasteiger partial charge in [-0.15, -0.1) is 0 Å². The zero-order valence-electron chi connectivity index (χ0n) is 21.5. The smallest absolute Gasteiger partial charge is 0.264 e. The Balaban J connectivity index is 1.95. The van der Waals surface area contributed by atoms with Gasteiger partial charge in [-0.25, -0.2) is 8.42 Å². The summed E-state index contributed by atoms with van der Waals surface area (Å²) in [5, 5.41) is 5.55. The van der Waals surface area contributed by atoms with Crippen molar-refractivity contribution >= 4 is 33.2 Å². The number of ether oxygens (including phenoxy) is 1. The van der Waals surface area contributed by atoms with Crippen LogP contribution in [0.15, 0.2) is 77.7 Å². The van der Waals surface area contributed by atoms with Crippen LogP contribution in [0.3, 0.4) is 0 Å². The van der Waals surface area contributed by atoms with E-state index in [1.54, 1.807) is 67.6 Å². The van der Waals surface area contributed by atoms with Crippen molar-refractivity contribution < 1.29 is 22.7 Å². The first-order valence-corrected chi connectivity index (χ1v) is 13.6. The first kappa shape index (κ1) is 27.7. The molecule has 0 aromatic heterocycles. The number of nitrogens with zero attached hydrogens (tertiary/aromatic N) is 1. The average Bonchev–Trinajstić information content (AvgIpc) is 2.87. The number of hydrogen-bond acceptors (Lipinski definition) is 5. The topological polar surface area (TPSA) is 105 Å². The zero-order chi connectivity index (χ0) is 27.0. The van der Waals surface area contributed by atoms with E-state index in [1.807, 2.05) is 20.8 Å². The summed E-state index contributed by atoms with van der Waals surface area (Å²) in [6, 6.07) is 19.7. The van der Waals surface area contributed by atoms with Gasteiger partial charge < -0.3 is 15.4 Å². The number of nitrogens with one attached hydrogen (secondary N) is 2. The fourth-order valence-corrected chi connectivity index (χ4v) is 5.01. The van der Waals surface area contributed by atoms with E-state index in [4.69, 9.17) is 4.74 Å². The Kier molecular flexibility index (Phi) is 9.30. The fourth-order valence-electron chi connectivity index (χ4n) is 3.58. The van der Waals surface area contributed by atoms with Crippen molar-refractivity contribution in [3.05, 3.63) is 83.9 Å². The second-order valence-corrected chi connectivity index (χ2v) is 10.8. The van der Waals surface area contributed by atoms with E-state index in [-0.39, 0.29) is 22.4 Å². The van der Waals surface area contributed by atoms with Crippen LogP contribution >= 0.6 is 0 Å². The lowest BCUT2D eigenvalue weighted by atomic mass is 10.1. The lowest BCUT2D eigenvalue weighted by Gasteiger charge is -2.26. The van der Waals surface area contributed by atoms with Crippen molar-refractivity contribution in [2.24, 2.45) is 5.92 Å².